The molecule has 1 heterocycles. The molecule has 0 saturated carbocycles. The number of rotatable bonds is 6. The van der Waals surface area contributed by atoms with Crippen LogP contribution in [0.4, 0.5) is 5.69 Å². The first-order valence-corrected chi connectivity index (χ1v) is 6.82. The highest BCUT2D eigenvalue weighted by Crippen LogP contribution is 2.21. The number of hydrogen-bond donors (Lipinski definition) is 3. The van der Waals surface area contributed by atoms with Gasteiger partial charge in [-0.15, -0.1) is 0 Å². The van der Waals surface area contributed by atoms with Gasteiger partial charge in [-0.1, -0.05) is 0 Å². The number of carbonyl (C=O) groups is 1. The quantitative estimate of drug-likeness (QED) is 0.557. The number of amides is 1. The highest BCUT2D eigenvalue weighted by Gasteiger charge is 2.08. The number of nitrogens with one attached hydrogen (secondary N) is 2. The summed E-state index contributed by atoms with van der Waals surface area (Å²) in [7, 11) is 1.54. The smallest absolute Gasteiger partial charge is 0.251 e. The Bertz CT molecular complexity index is 622. The third kappa shape index (κ3) is 3.75. The number of H-pyrrole nitrogens is 1. The van der Waals surface area contributed by atoms with Crippen molar-refractivity contribution in [3.8, 4) is 5.75 Å². The number of hydrogen-bond acceptors (Lipinski definition) is 4. The molecule has 1 amide bonds. The fourth-order valence-corrected chi connectivity index (χ4v) is 2.09. The van der Waals surface area contributed by atoms with Crippen LogP contribution in [0, 0.1) is 6.92 Å². The second kappa shape index (κ2) is 6.78. The standard InChI is InChI=1S/C15H20N4O2/c1-10-12(9-18-19-10)4-3-7-17-15(20)11-5-6-14(21-2)13(16)8-11/h5-6,8-9H,3-4,7,16H2,1-2H3,(H,17,20)(H,18,19). The van der Waals surface area contributed by atoms with Gasteiger partial charge in [-0.3, -0.25) is 9.89 Å². The summed E-state index contributed by atoms with van der Waals surface area (Å²) in [4.78, 5) is 12.0. The Hall–Kier alpha value is -2.50. The largest absolute Gasteiger partial charge is 0.495 e. The summed E-state index contributed by atoms with van der Waals surface area (Å²) in [5.74, 6) is 0.440. The van der Waals surface area contributed by atoms with Crippen molar-refractivity contribution in [2.24, 2.45) is 0 Å². The van der Waals surface area contributed by atoms with Crippen molar-refractivity contribution >= 4 is 11.6 Å². The Morgan fingerprint density at radius 2 is 2.29 bits per heavy atom. The summed E-state index contributed by atoms with van der Waals surface area (Å²) in [6, 6.07) is 5.01. The molecule has 1 aromatic carbocycles. The van der Waals surface area contributed by atoms with E-state index in [0.29, 0.717) is 23.5 Å². The van der Waals surface area contributed by atoms with Gasteiger partial charge in [-0.25, -0.2) is 0 Å². The van der Waals surface area contributed by atoms with Crippen molar-refractivity contribution in [2.45, 2.75) is 19.8 Å². The van der Waals surface area contributed by atoms with Crippen molar-refractivity contribution in [3.05, 3.63) is 41.2 Å². The normalized spacial score (nSPS) is 10.4. The molecule has 0 aliphatic rings. The van der Waals surface area contributed by atoms with Crippen LogP contribution in [0.15, 0.2) is 24.4 Å². The van der Waals surface area contributed by atoms with E-state index in [4.69, 9.17) is 10.5 Å². The third-order valence-electron chi connectivity index (χ3n) is 3.33. The van der Waals surface area contributed by atoms with Gasteiger partial charge >= 0.3 is 0 Å². The number of nitrogens with zero attached hydrogens (tertiary/aromatic N) is 1. The molecule has 0 bridgehead atoms. The molecule has 0 saturated heterocycles. The fourth-order valence-electron chi connectivity index (χ4n) is 2.09. The van der Waals surface area contributed by atoms with Crippen LogP contribution in [0.2, 0.25) is 0 Å². The van der Waals surface area contributed by atoms with Gasteiger partial charge in [0.1, 0.15) is 5.75 Å². The molecule has 21 heavy (non-hydrogen) atoms. The minimum Gasteiger partial charge on any atom is -0.495 e. The Balaban J connectivity index is 1.82. The van der Waals surface area contributed by atoms with E-state index in [1.807, 2.05) is 13.1 Å². The second-order valence-electron chi connectivity index (χ2n) is 4.84. The molecule has 0 atom stereocenters. The molecule has 2 aromatic rings. The highest BCUT2D eigenvalue weighted by molar-refractivity contribution is 5.95. The lowest BCUT2D eigenvalue weighted by Gasteiger charge is -2.08. The average molecular weight is 288 g/mol. The number of ether oxygens (including phenoxy) is 1. The first-order chi connectivity index (χ1) is 10.1. The average Bonchev–Trinajstić information content (AvgIpc) is 2.88. The zero-order chi connectivity index (χ0) is 15.2. The maximum absolute atomic E-state index is 12.0. The Morgan fingerprint density at radius 3 is 2.90 bits per heavy atom. The lowest BCUT2D eigenvalue weighted by atomic mass is 10.1. The molecule has 0 radical (unpaired) electrons. The zero-order valence-corrected chi connectivity index (χ0v) is 12.3. The van der Waals surface area contributed by atoms with E-state index in [2.05, 4.69) is 15.5 Å². The van der Waals surface area contributed by atoms with Crippen LogP contribution < -0.4 is 15.8 Å². The van der Waals surface area contributed by atoms with E-state index < -0.39 is 0 Å². The zero-order valence-electron chi connectivity index (χ0n) is 12.3. The molecule has 0 unspecified atom stereocenters. The number of nitrogen functional groups attached to an aromatic ring is 1. The Morgan fingerprint density at radius 1 is 1.48 bits per heavy atom. The maximum Gasteiger partial charge on any atom is 0.251 e. The number of methoxy groups -OCH3 is 1. The van der Waals surface area contributed by atoms with Crippen molar-refractivity contribution in [1.29, 1.82) is 0 Å². The predicted octanol–water partition coefficient (Wildman–Crippen LogP) is 1.67. The van der Waals surface area contributed by atoms with E-state index >= 15 is 0 Å². The number of anilines is 1. The number of benzene rings is 1. The van der Waals surface area contributed by atoms with Gasteiger partial charge in [0.25, 0.3) is 5.91 Å². The number of aryl methyl sites for hydroxylation is 2. The molecular formula is C15H20N4O2. The van der Waals surface area contributed by atoms with Gasteiger partial charge < -0.3 is 15.8 Å². The van der Waals surface area contributed by atoms with Crippen molar-refractivity contribution in [1.82, 2.24) is 15.5 Å². The molecular weight excluding hydrogens is 268 g/mol. The van der Waals surface area contributed by atoms with E-state index in [1.54, 1.807) is 25.3 Å². The molecule has 0 fully saturated rings. The molecule has 1 aromatic heterocycles. The number of nitrogens with two attached hydrogens (primary N) is 1. The minimum absolute atomic E-state index is 0.131. The summed E-state index contributed by atoms with van der Waals surface area (Å²) >= 11 is 0. The first kappa shape index (κ1) is 14.9. The number of carbonyl (C=O) groups excluding carboxylic acids is 1. The fraction of sp³-hybridized carbons (Fsp3) is 0.333. The van der Waals surface area contributed by atoms with Gasteiger partial charge in [0.05, 0.1) is 19.0 Å². The van der Waals surface area contributed by atoms with Gasteiger partial charge in [-0.2, -0.15) is 5.10 Å². The van der Waals surface area contributed by atoms with Gasteiger partial charge in [0, 0.05) is 17.8 Å². The molecule has 0 aliphatic carbocycles. The van der Waals surface area contributed by atoms with E-state index in [-0.39, 0.29) is 5.91 Å². The van der Waals surface area contributed by atoms with Crippen LogP contribution in [0.5, 0.6) is 5.75 Å². The SMILES string of the molecule is COc1ccc(C(=O)NCCCc2cn[nH]c2C)cc1N. The predicted molar refractivity (Wildman–Crippen MR) is 81.4 cm³/mol. The monoisotopic (exact) mass is 288 g/mol. The molecule has 0 aliphatic heterocycles. The first-order valence-electron chi connectivity index (χ1n) is 6.82. The summed E-state index contributed by atoms with van der Waals surface area (Å²) in [5, 5.41) is 9.75. The Kier molecular flexibility index (Phi) is 4.81. The number of aromatic nitrogens is 2. The summed E-state index contributed by atoms with van der Waals surface area (Å²) in [5.41, 5.74) is 9.03. The Labute approximate surface area is 123 Å². The van der Waals surface area contributed by atoms with Crippen LogP contribution in [0.1, 0.15) is 28.0 Å². The summed E-state index contributed by atoms with van der Waals surface area (Å²) in [6.07, 6.45) is 3.56. The lowest BCUT2D eigenvalue weighted by molar-refractivity contribution is 0.0953. The van der Waals surface area contributed by atoms with E-state index in [9.17, 15) is 4.79 Å². The van der Waals surface area contributed by atoms with Crippen LogP contribution in [-0.4, -0.2) is 29.8 Å². The van der Waals surface area contributed by atoms with Crippen LogP contribution in [-0.2, 0) is 6.42 Å². The third-order valence-corrected chi connectivity index (χ3v) is 3.33. The van der Waals surface area contributed by atoms with Crippen LogP contribution in [0.25, 0.3) is 0 Å². The van der Waals surface area contributed by atoms with Gasteiger partial charge in [0.15, 0.2) is 0 Å². The minimum atomic E-state index is -0.131. The summed E-state index contributed by atoms with van der Waals surface area (Å²) in [6.45, 7) is 2.59. The highest BCUT2D eigenvalue weighted by atomic mass is 16.5. The second-order valence-corrected chi connectivity index (χ2v) is 4.84. The topological polar surface area (TPSA) is 93.0 Å². The molecule has 112 valence electrons. The molecule has 4 N–H and O–H groups in total. The van der Waals surface area contributed by atoms with Gasteiger partial charge in [0.2, 0.25) is 0 Å². The molecule has 6 heteroatoms. The van der Waals surface area contributed by atoms with Crippen molar-refractivity contribution in [3.63, 3.8) is 0 Å². The van der Waals surface area contributed by atoms with Gasteiger partial charge in [-0.05, 0) is 43.5 Å². The number of aromatic amines is 1. The van der Waals surface area contributed by atoms with E-state index in [1.165, 1.54) is 5.56 Å². The van der Waals surface area contributed by atoms with Crippen LogP contribution in [0.3, 0.4) is 0 Å². The van der Waals surface area contributed by atoms with Crippen LogP contribution >= 0.6 is 0 Å². The van der Waals surface area contributed by atoms with Crippen molar-refractivity contribution < 1.29 is 9.53 Å². The molecule has 2 rings (SSSR count). The maximum atomic E-state index is 12.0. The molecule has 0 spiro atoms. The summed E-state index contributed by atoms with van der Waals surface area (Å²) < 4.78 is 5.07. The van der Waals surface area contributed by atoms with Crippen molar-refractivity contribution in [2.75, 3.05) is 19.4 Å². The lowest BCUT2D eigenvalue weighted by Crippen LogP contribution is -2.24. The molecule has 6 nitrogen and oxygen atoms in total. The van der Waals surface area contributed by atoms with E-state index in [0.717, 1.165) is 18.5 Å².